The molecule has 0 fully saturated rings. The highest BCUT2D eigenvalue weighted by molar-refractivity contribution is 7.92. The van der Waals surface area contributed by atoms with E-state index in [2.05, 4.69) is 10.6 Å². The second-order valence-electron chi connectivity index (χ2n) is 6.90. The van der Waals surface area contributed by atoms with Gasteiger partial charge in [-0.2, -0.15) is 0 Å². The first-order chi connectivity index (χ1) is 14.1. The molecule has 7 nitrogen and oxygen atoms in total. The molecule has 0 aliphatic rings. The minimum absolute atomic E-state index is 0.301. The second-order valence-corrected chi connectivity index (χ2v) is 9.25. The summed E-state index contributed by atoms with van der Waals surface area (Å²) in [5.74, 6) is -0.876. The molecule has 30 heavy (non-hydrogen) atoms. The molecule has 2 amide bonds. The van der Waals surface area contributed by atoms with Gasteiger partial charge in [0.2, 0.25) is 15.9 Å². The van der Waals surface area contributed by atoms with Crippen LogP contribution in [0.3, 0.4) is 0 Å². The molecule has 0 aliphatic heterocycles. The van der Waals surface area contributed by atoms with Gasteiger partial charge in [-0.15, -0.1) is 0 Å². The van der Waals surface area contributed by atoms with Crippen LogP contribution in [0.15, 0.2) is 42.5 Å². The highest BCUT2D eigenvalue weighted by Crippen LogP contribution is 2.26. The van der Waals surface area contributed by atoms with Gasteiger partial charge in [-0.1, -0.05) is 43.1 Å². The maximum atomic E-state index is 12.7. The van der Waals surface area contributed by atoms with E-state index in [-0.39, 0.29) is 5.91 Å². The average molecular weight is 452 g/mol. The number of hydrogen-bond donors (Lipinski definition) is 2. The third kappa shape index (κ3) is 6.47. The van der Waals surface area contributed by atoms with E-state index < -0.39 is 22.5 Å². The third-order valence-corrected chi connectivity index (χ3v) is 5.75. The number of hydrogen-bond acceptors (Lipinski definition) is 4. The maximum absolute atomic E-state index is 12.7. The summed E-state index contributed by atoms with van der Waals surface area (Å²) in [5.41, 5.74) is 1.61. The molecule has 0 unspecified atom stereocenters. The van der Waals surface area contributed by atoms with Gasteiger partial charge < -0.3 is 10.6 Å². The Morgan fingerprint density at radius 1 is 1.13 bits per heavy atom. The Hall–Kier alpha value is -2.58. The number of halogens is 1. The molecular weight excluding hydrogens is 426 g/mol. The van der Waals surface area contributed by atoms with Gasteiger partial charge in [0.15, 0.2) is 0 Å². The first kappa shape index (κ1) is 23.7. The summed E-state index contributed by atoms with van der Waals surface area (Å²) in [6, 6.07) is 11.4. The highest BCUT2D eigenvalue weighted by Gasteiger charge is 2.23. The van der Waals surface area contributed by atoms with Crippen LogP contribution in [-0.4, -0.2) is 39.6 Å². The Balaban J connectivity index is 2.23. The standard InChI is InChI=1S/C21H26ClN3O4S/c1-4-5-12-23-21(27)17-8-6-7-9-18(17)24-20(26)14-25(30(3,28)29)19-13-16(22)11-10-15(19)2/h6-11,13H,4-5,12,14H2,1-3H3,(H,23,27)(H,24,26). The number of carbonyl (C=O) groups is 2. The predicted molar refractivity (Wildman–Crippen MR) is 121 cm³/mol. The van der Waals surface area contributed by atoms with Crippen LogP contribution in [0.4, 0.5) is 11.4 Å². The van der Waals surface area contributed by atoms with Gasteiger partial charge in [0.1, 0.15) is 6.54 Å². The lowest BCUT2D eigenvalue weighted by molar-refractivity contribution is -0.114. The molecular formula is C21H26ClN3O4S. The number of anilines is 2. The number of nitrogens with one attached hydrogen (secondary N) is 2. The van der Waals surface area contributed by atoms with Crippen molar-refractivity contribution in [2.75, 3.05) is 29.0 Å². The zero-order chi connectivity index (χ0) is 22.3. The van der Waals surface area contributed by atoms with Crippen LogP contribution in [0.25, 0.3) is 0 Å². The summed E-state index contributed by atoms with van der Waals surface area (Å²) in [5, 5.41) is 5.82. The molecule has 0 spiro atoms. The molecule has 0 aliphatic carbocycles. The Bertz CT molecular complexity index is 1020. The smallest absolute Gasteiger partial charge is 0.253 e. The molecule has 2 aromatic rings. The summed E-state index contributed by atoms with van der Waals surface area (Å²) in [6.45, 7) is 3.84. The van der Waals surface area contributed by atoms with Crippen LogP contribution < -0.4 is 14.9 Å². The van der Waals surface area contributed by atoms with Crippen molar-refractivity contribution in [2.24, 2.45) is 0 Å². The van der Waals surface area contributed by atoms with E-state index in [0.717, 1.165) is 23.4 Å². The first-order valence-corrected chi connectivity index (χ1v) is 11.8. The summed E-state index contributed by atoms with van der Waals surface area (Å²) in [6.07, 6.45) is 2.82. The normalized spacial score (nSPS) is 11.1. The van der Waals surface area contributed by atoms with Gasteiger partial charge in [-0.05, 0) is 43.2 Å². The van der Waals surface area contributed by atoms with E-state index in [4.69, 9.17) is 11.6 Å². The molecule has 2 rings (SSSR count). The number of benzene rings is 2. The van der Waals surface area contributed by atoms with Crippen molar-refractivity contribution in [3.63, 3.8) is 0 Å². The lowest BCUT2D eigenvalue weighted by Crippen LogP contribution is -2.38. The van der Waals surface area contributed by atoms with Gasteiger partial charge in [0.25, 0.3) is 5.91 Å². The fourth-order valence-electron chi connectivity index (χ4n) is 2.82. The minimum atomic E-state index is -3.75. The highest BCUT2D eigenvalue weighted by atomic mass is 35.5. The Morgan fingerprint density at radius 3 is 2.50 bits per heavy atom. The number of aryl methyl sites for hydroxylation is 1. The number of rotatable bonds is 9. The summed E-state index contributed by atoms with van der Waals surface area (Å²) >= 11 is 6.02. The van der Waals surface area contributed by atoms with Crippen LogP contribution in [-0.2, 0) is 14.8 Å². The Labute approximate surface area is 182 Å². The van der Waals surface area contributed by atoms with Crippen LogP contribution >= 0.6 is 11.6 Å². The summed E-state index contributed by atoms with van der Waals surface area (Å²) < 4.78 is 25.7. The first-order valence-electron chi connectivity index (χ1n) is 9.54. The molecule has 162 valence electrons. The maximum Gasteiger partial charge on any atom is 0.253 e. The molecule has 0 heterocycles. The van der Waals surface area contributed by atoms with Gasteiger partial charge in [0, 0.05) is 11.6 Å². The fraction of sp³-hybridized carbons (Fsp3) is 0.333. The largest absolute Gasteiger partial charge is 0.352 e. The van der Waals surface area contributed by atoms with Crippen LogP contribution in [0.5, 0.6) is 0 Å². The van der Waals surface area contributed by atoms with Crippen molar-refractivity contribution in [2.45, 2.75) is 26.7 Å². The molecule has 0 saturated heterocycles. The fourth-order valence-corrected chi connectivity index (χ4v) is 3.89. The van der Waals surface area contributed by atoms with Gasteiger partial charge in [-0.25, -0.2) is 8.42 Å². The van der Waals surface area contributed by atoms with E-state index in [1.165, 1.54) is 6.07 Å². The zero-order valence-corrected chi connectivity index (χ0v) is 18.8. The van der Waals surface area contributed by atoms with E-state index in [0.29, 0.717) is 34.1 Å². The minimum Gasteiger partial charge on any atom is -0.352 e. The summed E-state index contributed by atoms with van der Waals surface area (Å²) in [7, 11) is -3.75. The van der Waals surface area contributed by atoms with Gasteiger partial charge in [-0.3, -0.25) is 13.9 Å². The molecule has 0 aromatic heterocycles. The van der Waals surface area contributed by atoms with E-state index in [1.807, 2.05) is 6.92 Å². The van der Waals surface area contributed by atoms with Gasteiger partial charge in [0.05, 0.1) is 23.2 Å². The van der Waals surface area contributed by atoms with Crippen LogP contribution in [0.1, 0.15) is 35.7 Å². The SMILES string of the molecule is CCCCNC(=O)c1ccccc1NC(=O)CN(c1cc(Cl)ccc1C)S(C)(=O)=O. The lowest BCUT2D eigenvalue weighted by atomic mass is 10.1. The Morgan fingerprint density at radius 2 is 1.83 bits per heavy atom. The molecule has 2 N–H and O–H groups in total. The number of nitrogens with zero attached hydrogens (tertiary/aromatic N) is 1. The van der Waals surface area contributed by atoms with E-state index in [9.17, 15) is 18.0 Å². The second kappa shape index (κ2) is 10.4. The van der Waals surface area contributed by atoms with Crippen molar-refractivity contribution in [3.05, 3.63) is 58.6 Å². The number of unbranched alkanes of at least 4 members (excludes halogenated alkanes) is 1. The number of sulfonamides is 1. The van der Waals surface area contributed by atoms with Crippen LogP contribution in [0, 0.1) is 6.92 Å². The third-order valence-electron chi connectivity index (χ3n) is 4.39. The molecule has 0 atom stereocenters. The zero-order valence-electron chi connectivity index (χ0n) is 17.2. The average Bonchev–Trinajstić information content (AvgIpc) is 2.68. The molecule has 2 aromatic carbocycles. The van der Waals surface area contributed by atoms with E-state index >= 15 is 0 Å². The molecule has 9 heteroatoms. The molecule has 0 bridgehead atoms. The topological polar surface area (TPSA) is 95.6 Å². The number of carbonyl (C=O) groups excluding carboxylic acids is 2. The number of amides is 2. The summed E-state index contributed by atoms with van der Waals surface area (Å²) in [4.78, 5) is 25.1. The van der Waals surface area contributed by atoms with Crippen LogP contribution in [0.2, 0.25) is 5.02 Å². The molecule has 0 radical (unpaired) electrons. The lowest BCUT2D eigenvalue weighted by Gasteiger charge is -2.24. The quantitative estimate of drug-likeness (QED) is 0.569. The predicted octanol–water partition coefficient (Wildman–Crippen LogP) is 3.58. The Kier molecular flexibility index (Phi) is 8.25. The molecule has 0 saturated carbocycles. The van der Waals surface area contributed by atoms with Crippen molar-refractivity contribution in [3.8, 4) is 0 Å². The van der Waals surface area contributed by atoms with Crippen molar-refractivity contribution >= 4 is 44.8 Å². The van der Waals surface area contributed by atoms with Crippen molar-refractivity contribution in [1.82, 2.24) is 5.32 Å². The number of para-hydroxylation sites is 1. The van der Waals surface area contributed by atoms with Gasteiger partial charge >= 0.3 is 0 Å². The van der Waals surface area contributed by atoms with E-state index in [1.54, 1.807) is 43.3 Å². The van der Waals surface area contributed by atoms with Crippen molar-refractivity contribution in [1.29, 1.82) is 0 Å². The monoisotopic (exact) mass is 451 g/mol. The van der Waals surface area contributed by atoms with Crippen molar-refractivity contribution < 1.29 is 18.0 Å².